The molecule has 0 unspecified atom stereocenters. The average Bonchev–Trinajstić information content (AvgIpc) is 3.39. The number of H-pyrrole nitrogens is 1. The van der Waals surface area contributed by atoms with Gasteiger partial charge in [0.2, 0.25) is 0 Å². The Kier molecular flexibility index (Phi) is 6.00. The Bertz CT molecular complexity index is 1610. The van der Waals surface area contributed by atoms with E-state index in [-0.39, 0.29) is 39.4 Å². The molecule has 178 valence electrons. The van der Waals surface area contributed by atoms with Crippen LogP contribution in [0, 0.1) is 19.7 Å². The maximum absolute atomic E-state index is 13.7. The summed E-state index contributed by atoms with van der Waals surface area (Å²) in [7, 11) is 0. The van der Waals surface area contributed by atoms with Crippen molar-refractivity contribution in [1.82, 2.24) is 8.55 Å². The predicted molar refractivity (Wildman–Crippen MR) is 134 cm³/mol. The Morgan fingerprint density at radius 2 is 2.00 bits per heavy atom. The molecule has 1 amide bonds. The molecule has 2 aromatic heterocycles. The van der Waals surface area contributed by atoms with Crippen LogP contribution in [0.2, 0.25) is 5.02 Å². The number of hydrogen-bond acceptors (Lipinski definition) is 4. The Balaban J connectivity index is 1.34. The van der Waals surface area contributed by atoms with Crippen molar-refractivity contribution in [1.29, 1.82) is 0 Å². The van der Waals surface area contributed by atoms with Crippen molar-refractivity contribution >= 4 is 65.2 Å². The molecular weight excluding hydrogens is 540 g/mol. The molecule has 0 bridgehead atoms. The summed E-state index contributed by atoms with van der Waals surface area (Å²) in [5.41, 5.74) is 3.30. The molecule has 0 radical (unpaired) electrons. The van der Waals surface area contributed by atoms with E-state index in [0.29, 0.717) is 49.7 Å². The second-order valence-electron chi connectivity index (χ2n) is 8.14. The molecule has 0 saturated heterocycles. The van der Waals surface area contributed by atoms with Crippen LogP contribution >= 0.6 is 11.6 Å². The van der Waals surface area contributed by atoms with Gasteiger partial charge in [0.25, 0.3) is 0 Å². The van der Waals surface area contributed by atoms with Gasteiger partial charge in [-0.05, 0) is 12.1 Å². The zero-order chi connectivity index (χ0) is 24.9. The summed E-state index contributed by atoms with van der Waals surface area (Å²) in [6.07, 6.45) is 1.60. The van der Waals surface area contributed by atoms with Crippen LogP contribution in [0.5, 0.6) is 0 Å². The summed E-state index contributed by atoms with van der Waals surface area (Å²) in [6, 6.07) is 9.36. The fourth-order valence-electron chi connectivity index (χ4n) is 4.16. The number of amides is 1. The number of nitrogens with zero attached hydrogens (tertiary/aromatic N) is 1. The first-order valence-electron chi connectivity index (χ1n) is 10.7. The number of halogens is 2. The van der Waals surface area contributed by atoms with E-state index < -0.39 is 11.8 Å². The van der Waals surface area contributed by atoms with E-state index in [1.807, 2.05) is 6.07 Å². The molecule has 0 fully saturated rings. The number of aromatic amines is 1. The van der Waals surface area contributed by atoms with Gasteiger partial charge in [-0.1, -0.05) is 0 Å². The Morgan fingerprint density at radius 3 is 2.80 bits per heavy atom. The minimum atomic E-state index is -0.525. The summed E-state index contributed by atoms with van der Waals surface area (Å²) in [6.45, 7) is 3.81. The van der Waals surface area contributed by atoms with Gasteiger partial charge in [0.15, 0.2) is 0 Å². The number of hydrogen-bond donors (Lipinski definition) is 2. The molecular formula is C25H19ClFN3O4Se. The number of benzene rings is 2. The third-order valence-electron chi connectivity index (χ3n) is 5.87. The predicted octanol–water partition coefficient (Wildman–Crippen LogP) is 4.15. The monoisotopic (exact) mass is 559 g/mol. The number of aromatic nitrogens is 2. The molecule has 1 aliphatic heterocycles. The zero-order valence-electron chi connectivity index (χ0n) is 18.7. The fraction of sp³-hybridized carbons (Fsp3) is 0.160. The molecule has 5 rings (SSSR count). The van der Waals surface area contributed by atoms with Crippen LogP contribution < -0.4 is 10.9 Å². The standard InChI is InChI=1S/C25H19ClFN3O4Se/c1-12-20(11-17-16-10-15(27)4-5-19(16)29-23(17)31)28-13(2)22(12)25(33)34-8-7-30-24(32)18-9-14(26)3-6-21(18)35-30/h3-6,9-11,28H,7-8H2,1-2H3,(H,29,31)/b17-11-. The number of carbonyl (C=O) groups excluding carboxylic acids is 2. The van der Waals surface area contributed by atoms with E-state index in [9.17, 15) is 18.8 Å². The Labute approximate surface area is 210 Å². The van der Waals surface area contributed by atoms with Crippen LogP contribution in [0.15, 0.2) is 41.2 Å². The van der Waals surface area contributed by atoms with E-state index >= 15 is 0 Å². The number of carbonyl (C=O) groups is 2. The van der Waals surface area contributed by atoms with Gasteiger partial charge in [-0.15, -0.1) is 0 Å². The topological polar surface area (TPSA) is 93.2 Å². The molecule has 7 nitrogen and oxygen atoms in total. The molecule has 10 heteroatoms. The van der Waals surface area contributed by atoms with E-state index in [1.54, 1.807) is 35.6 Å². The van der Waals surface area contributed by atoms with Gasteiger partial charge in [0.05, 0.1) is 0 Å². The Morgan fingerprint density at radius 1 is 1.20 bits per heavy atom. The first-order chi connectivity index (χ1) is 16.7. The molecule has 0 atom stereocenters. The van der Waals surface area contributed by atoms with E-state index in [0.717, 1.165) is 4.26 Å². The number of anilines is 1. The molecule has 4 aromatic rings. The second-order valence-corrected chi connectivity index (χ2v) is 10.8. The molecule has 2 N–H and O–H groups in total. The molecule has 0 saturated carbocycles. The number of ether oxygens (including phenoxy) is 1. The summed E-state index contributed by atoms with van der Waals surface area (Å²) in [5.74, 6) is -1.32. The van der Waals surface area contributed by atoms with Crippen molar-refractivity contribution in [3.05, 3.63) is 85.7 Å². The molecule has 0 aliphatic carbocycles. The maximum atomic E-state index is 13.7. The molecule has 0 spiro atoms. The molecule has 2 aromatic carbocycles. The van der Waals surface area contributed by atoms with E-state index in [1.165, 1.54) is 18.2 Å². The van der Waals surface area contributed by atoms with Crippen molar-refractivity contribution < 1.29 is 18.7 Å². The summed E-state index contributed by atoms with van der Waals surface area (Å²) in [4.78, 5) is 41.0. The SMILES string of the molecule is Cc1[nH]c(/C=C2\C(=O)Nc3ccc(F)cc32)c(C)c1C(=O)OCCn1[se]c2ccc(Cl)cc2c1=O. The van der Waals surface area contributed by atoms with Gasteiger partial charge in [0, 0.05) is 0 Å². The third kappa shape index (κ3) is 4.27. The van der Waals surface area contributed by atoms with Gasteiger partial charge < -0.3 is 0 Å². The first-order valence-corrected chi connectivity index (χ1v) is 12.7. The number of rotatable bonds is 5. The van der Waals surface area contributed by atoms with Crippen LogP contribution in [0.3, 0.4) is 0 Å². The number of esters is 1. The average molecular weight is 559 g/mol. The van der Waals surface area contributed by atoms with Gasteiger partial charge in [-0.25, -0.2) is 4.39 Å². The third-order valence-corrected chi connectivity index (χ3v) is 8.46. The zero-order valence-corrected chi connectivity index (χ0v) is 21.2. The van der Waals surface area contributed by atoms with Crippen LogP contribution in [0.25, 0.3) is 21.3 Å². The van der Waals surface area contributed by atoms with E-state index in [4.69, 9.17) is 16.3 Å². The minimum absolute atomic E-state index is 0.0452. The fourth-order valence-corrected chi connectivity index (χ4v) is 6.34. The molecule has 35 heavy (non-hydrogen) atoms. The van der Waals surface area contributed by atoms with Gasteiger partial charge in [0.1, 0.15) is 5.82 Å². The number of nitrogens with one attached hydrogen (secondary N) is 2. The van der Waals surface area contributed by atoms with Crippen molar-refractivity contribution in [2.24, 2.45) is 0 Å². The number of aryl methyl sites for hydroxylation is 1. The van der Waals surface area contributed by atoms with Crippen molar-refractivity contribution in [3.63, 3.8) is 0 Å². The summed E-state index contributed by atoms with van der Waals surface area (Å²) < 4.78 is 21.8. The quantitative estimate of drug-likeness (QED) is 0.219. The van der Waals surface area contributed by atoms with Crippen molar-refractivity contribution in [2.75, 3.05) is 11.9 Å². The van der Waals surface area contributed by atoms with Crippen LogP contribution in [0.4, 0.5) is 10.1 Å². The summed E-state index contributed by atoms with van der Waals surface area (Å²) >= 11 is 5.80. The van der Waals surface area contributed by atoms with Crippen LogP contribution in [-0.4, -0.2) is 41.8 Å². The van der Waals surface area contributed by atoms with Crippen LogP contribution in [-0.2, 0) is 16.1 Å². The van der Waals surface area contributed by atoms with Gasteiger partial charge in [-0.2, -0.15) is 0 Å². The summed E-state index contributed by atoms with van der Waals surface area (Å²) in [5, 5.41) is 3.81. The van der Waals surface area contributed by atoms with Gasteiger partial charge in [-0.3, -0.25) is 0 Å². The Hall–Kier alpha value is -3.39. The normalized spacial score (nSPS) is 13.9. The first kappa shape index (κ1) is 23.4. The van der Waals surface area contributed by atoms with Crippen molar-refractivity contribution in [2.45, 2.75) is 20.4 Å². The van der Waals surface area contributed by atoms with E-state index in [2.05, 4.69) is 10.3 Å². The number of fused-ring (bicyclic) bond motifs is 2. The van der Waals surface area contributed by atoms with Crippen LogP contribution in [0.1, 0.15) is 32.9 Å². The second kappa shape index (κ2) is 9.00. The van der Waals surface area contributed by atoms with Crippen molar-refractivity contribution in [3.8, 4) is 0 Å². The molecule has 1 aliphatic rings. The molecule has 3 heterocycles. The van der Waals surface area contributed by atoms with Gasteiger partial charge >= 0.3 is 188 Å².